The van der Waals surface area contributed by atoms with E-state index in [0.29, 0.717) is 52.9 Å². The molecule has 2 aliphatic heterocycles. The van der Waals surface area contributed by atoms with Gasteiger partial charge in [-0.3, -0.25) is 0 Å². The van der Waals surface area contributed by atoms with Crippen LogP contribution in [0.1, 0.15) is 39.5 Å². The predicted octanol–water partition coefficient (Wildman–Crippen LogP) is 2.19. The van der Waals surface area contributed by atoms with Crippen LogP contribution in [0.3, 0.4) is 0 Å². The normalized spacial score (nSPS) is 36.9. The lowest BCUT2D eigenvalue weighted by Crippen LogP contribution is -2.52. The van der Waals surface area contributed by atoms with Gasteiger partial charge in [-0.15, -0.1) is 0 Å². The SMILES string of the molecule is CC12CCOCCOCCC(C)(CCOCCOCC1)[N+]2=[N-]. The van der Waals surface area contributed by atoms with Gasteiger partial charge in [0.25, 0.3) is 0 Å². The first-order valence-electron chi connectivity index (χ1n) is 8.37. The number of rotatable bonds is 0. The summed E-state index contributed by atoms with van der Waals surface area (Å²) in [6.45, 7) is 9.08. The van der Waals surface area contributed by atoms with Crippen molar-refractivity contribution in [3.8, 4) is 0 Å². The second-order valence-electron chi connectivity index (χ2n) is 6.76. The molecule has 2 fully saturated rings. The van der Waals surface area contributed by atoms with E-state index in [9.17, 15) is 5.53 Å². The lowest BCUT2D eigenvalue weighted by atomic mass is 9.85. The highest BCUT2D eigenvalue weighted by molar-refractivity contribution is 4.82. The van der Waals surface area contributed by atoms with Crippen molar-refractivity contribution in [2.75, 3.05) is 52.9 Å². The van der Waals surface area contributed by atoms with E-state index < -0.39 is 0 Å². The van der Waals surface area contributed by atoms with Crippen molar-refractivity contribution >= 4 is 0 Å². The molecule has 22 heavy (non-hydrogen) atoms. The number of fused-ring (bicyclic) bond motifs is 2. The smallest absolute Gasteiger partial charge is 0.152 e. The molecule has 0 saturated carbocycles. The van der Waals surface area contributed by atoms with E-state index in [4.69, 9.17) is 18.9 Å². The Bertz CT molecular complexity index is 310. The summed E-state index contributed by atoms with van der Waals surface area (Å²) in [6.07, 6.45) is 3.07. The lowest BCUT2D eigenvalue weighted by molar-refractivity contribution is -0.692. The first kappa shape index (κ1) is 17.8. The van der Waals surface area contributed by atoms with Crippen LogP contribution in [0.15, 0.2) is 0 Å². The Morgan fingerprint density at radius 3 is 1.14 bits per heavy atom. The van der Waals surface area contributed by atoms with Crippen molar-refractivity contribution in [2.45, 2.75) is 50.6 Å². The van der Waals surface area contributed by atoms with Crippen LogP contribution < -0.4 is 0 Å². The second-order valence-corrected chi connectivity index (χ2v) is 6.76. The minimum atomic E-state index is -0.372. The van der Waals surface area contributed by atoms with E-state index in [1.54, 1.807) is 0 Å². The summed E-state index contributed by atoms with van der Waals surface area (Å²) in [5.74, 6) is 0. The number of ether oxygens (including phenoxy) is 4. The summed E-state index contributed by atoms with van der Waals surface area (Å²) >= 11 is 0. The minimum absolute atomic E-state index is 0.372. The molecule has 0 aliphatic carbocycles. The molecule has 0 aromatic carbocycles. The molecule has 2 rings (SSSR count). The van der Waals surface area contributed by atoms with Crippen LogP contribution in [-0.2, 0) is 18.9 Å². The van der Waals surface area contributed by atoms with Gasteiger partial charge in [0.2, 0.25) is 0 Å². The minimum Gasteiger partial charge on any atom is -0.506 e. The molecule has 0 N–H and O–H groups in total. The van der Waals surface area contributed by atoms with E-state index in [2.05, 4.69) is 13.8 Å². The Balaban J connectivity index is 2.22. The van der Waals surface area contributed by atoms with Gasteiger partial charge in [0, 0.05) is 25.7 Å². The highest BCUT2D eigenvalue weighted by Crippen LogP contribution is 2.32. The molecule has 2 heterocycles. The van der Waals surface area contributed by atoms with Gasteiger partial charge in [-0.1, -0.05) is 0 Å². The summed E-state index contributed by atoms with van der Waals surface area (Å²) in [5, 5.41) is 0. The van der Waals surface area contributed by atoms with E-state index in [-0.39, 0.29) is 11.1 Å². The molecule has 0 aromatic rings. The van der Waals surface area contributed by atoms with Crippen LogP contribution in [0.2, 0.25) is 0 Å². The molecule has 128 valence electrons. The van der Waals surface area contributed by atoms with Crippen molar-refractivity contribution in [3.05, 3.63) is 5.53 Å². The van der Waals surface area contributed by atoms with E-state index in [0.717, 1.165) is 25.7 Å². The maximum absolute atomic E-state index is 11.0. The van der Waals surface area contributed by atoms with Crippen molar-refractivity contribution in [3.63, 3.8) is 0 Å². The van der Waals surface area contributed by atoms with E-state index in [1.165, 1.54) is 4.70 Å². The molecule has 0 radical (unpaired) electrons. The Kier molecular flexibility index (Phi) is 6.74. The fraction of sp³-hybridized carbons (Fsp3) is 1.00. The van der Waals surface area contributed by atoms with Crippen LogP contribution in [0.25, 0.3) is 5.53 Å². The van der Waals surface area contributed by atoms with Crippen molar-refractivity contribution in [1.29, 1.82) is 0 Å². The molecule has 6 heteroatoms. The molecular weight excluding hydrogens is 284 g/mol. The van der Waals surface area contributed by atoms with Gasteiger partial charge in [0.15, 0.2) is 11.1 Å². The fourth-order valence-electron chi connectivity index (χ4n) is 3.14. The first-order chi connectivity index (χ1) is 10.6. The Hall–Kier alpha value is -0.560. The third-order valence-electron chi connectivity index (χ3n) is 4.91. The predicted molar refractivity (Wildman–Crippen MR) is 82.2 cm³/mol. The molecule has 0 atom stereocenters. The Morgan fingerprint density at radius 1 is 0.591 bits per heavy atom. The van der Waals surface area contributed by atoms with Gasteiger partial charge in [-0.25, -0.2) is 0 Å². The number of hydrogen-bond donors (Lipinski definition) is 0. The molecular formula is C16H30N2O4. The fourth-order valence-corrected chi connectivity index (χ4v) is 3.14. The van der Waals surface area contributed by atoms with Gasteiger partial charge in [0.05, 0.1) is 52.9 Å². The van der Waals surface area contributed by atoms with Gasteiger partial charge in [-0.2, -0.15) is 0 Å². The maximum Gasteiger partial charge on any atom is 0.152 e. The molecule has 0 spiro atoms. The van der Waals surface area contributed by atoms with Crippen LogP contribution in [0.5, 0.6) is 0 Å². The molecule has 0 aromatic heterocycles. The average molecular weight is 314 g/mol. The van der Waals surface area contributed by atoms with Crippen LogP contribution >= 0.6 is 0 Å². The average Bonchev–Trinajstić information content (AvgIpc) is 2.54. The summed E-state index contributed by atoms with van der Waals surface area (Å²) in [6, 6.07) is 0. The maximum atomic E-state index is 11.0. The van der Waals surface area contributed by atoms with Crippen molar-refractivity contribution in [2.24, 2.45) is 0 Å². The zero-order chi connectivity index (χ0) is 15.9. The van der Waals surface area contributed by atoms with Gasteiger partial charge < -0.3 is 29.2 Å². The standard InChI is InChI=1S/C16H30N2O4/c1-15-3-7-19-11-13-21-9-5-16(2,18(15)17)6-10-22-14-12-20-8-4-15/h3-14H2,1-2H3. The quantitative estimate of drug-likeness (QED) is 0.643. The van der Waals surface area contributed by atoms with Gasteiger partial charge >= 0.3 is 0 Å². The third-order valence-corrected chi connectivity index (χ3v) is 4.91. The summed E-state index contributed by atoms with van der Waals surface area (Å²) in [7, 11) is 0. The topological polar surface area (TPSA) is 62.2 Å². The third kappa shape index (κ3) is 4.72. The monoisotopic (exact) mass is 314 g/mol. The molecule has 2 bridgehead atoms. The van der Waals surface area contributed by atoms with Gasteiger partial charge in [0.1, 0.15) is 0 Å². The first-order valence-corrected chi connectivity index (χ1v) is 8.37. The van der Waals surface area contributed by atoms with Gasteiger partial charge in [-0.05, 0) is 13.8 Å². The molecule has 0 amide bonds. The largest absolute Gasteiger partial charge is 0.506 e. The van der Waals surface area contributed by atoms with Crippen LogP contribution in [0, 0.1) is 0 Å². The highest BCUT2D eigenvalue weighted by atomic mass is 16.5. The Labute approximate surface area is 133 Å². The van der Waals surface area contributed by atoms with Crippen LogP contribution in [0.4, 0.5) is 0 Å². The number of hydrogen-bond acceptors (Lipinski definition) is 4. The summed E-state index contributed by atoms with van der Waals surface area (Å²) in [4.78, 5) is 0. The zero-order valence-electron chi connectivity index (χ0n) is 14.0. The highest BCUT2D eigenvalue weighted by Gasteiger charge is 2.43. The van der Waals surface area contributed by atoms with E-state index >= 15 is 0 Å². The zero-order valence-corrected chi connectivity index (χ0v) is 14.0. The van der Waals surface area contributed by atoms with Crippen LogP contribution in [-0.4, -0.2) is 68.6 Å². The molecule has 0 unspecified atom stereocenters. The van der Waals surface area contributed by atoms with Crippen molar-refractivity contribution < 1.29 is 23.6 Å². The molecule has 2 saturated heterocycles. The summed E-state index contributed by atoms with van der Waals surface area (Å²) < 4.78 is 24.0. The van der Waals surface area contributed by atoms with E-state index in [1.807, 2.05) is 0 Å². The summed E-state index contributed by atoms with van der Waals surface area (Å²) in [5.41, 5.74) is 10.3. The number of nitrogens with zero attached hydrogens (tertiary/aromatic N) is 2. The van der Waals surface area contributed by atoms with Crippen molar-refractivity contribution in [1.82, 2.24) is 0 Å². The molecule has 6 nitrogen and oxygen atoms in total. The lowest BCUT2D eigenvalue weighted by Gasteiger charge is -2.40. The second kappa shape index (κ2) is 8.34. The Morgan fingerprint density at radius 2 is 0.864 bits per heavy atom. The molecule has 2 aliphatic rings.